The van der Waals surface area contributed by atoms with E-state index >= 15 is 0 Å². The first-order valence-electron chi connectivity index (χ1n) is 9.44. The normalized spacial score (nSPS) is 19.1. The Labute approximate surface area is 158 Å². The number of carbonyl (C=O) groups excluding carboxylic acids is 1. The second kappa shape index (κ2) is 7.45. The third kappa shape index (κ3) is 3.05. The van der Waals surface area contributed by atoms with Crippen molar-refractivity contribution in [2.45, 2.75) is 38.1 Å². The minimum atomic E-state index is 0.00280. The molecule has 1 aliphatic heterocycles. The number of nitrogens with zero attached hydrogens (tertiary/aromatic N) is 3. The number of halogens is 1. The highest BCUT2D eigenvalue weighted by Gasteiger charge is 2.30. The van der Waals surface area contributed by atoms with Gasteiger partial charge in [0.05, 0.1) is 18.2 Å². The van der Waals surface area contributed by atoms with Crippen LogP contribution in [0.3, 0.4) is 0 Å². The van der Waals surface area contributed by atoms with Crippen LogP contribution in [0.4, 0.5) is 0 Å². The van der Waals surface area contributed by atoms with Crippen LogP contribution in [0.1, 0.15) is 48.5 Å². The van der Waals surface area contributed by atoms with Gasteiger partial charge in [-0.2, -0.15) is 0 Å². The Balaban J connectivity index is 1.84. The lowest BCUT2D eigenvalue weighted by molar-refractivity contribution is 0.0737. The number of amides is 1. The lowest BCUT2D eigenvalue weighted by Gasteiger charge is -2.28. The largest absolute Gasteiger partial charge is 0.481 e. The van der Waals surface area contributed by atoms with E-state index in [0.717, 1.165) is 36.8 Å². The molecule has 2 aromatic rings. The molecule has 4 rings (SSSR count). The molecule has 140 valence electrons. The number of methoxy groups -OCH3 is 1. The van der Waals surface area contributed by atoms with Crippen molar-refractivity contribution in [3.8, 4) is 5.88 Å². The molecule has 0 spiro atoms. The number of rotatable bonds is 3. The molecule has 1 N–H and O–H groups in total. The van der Waals surface area contributed by atoms with E-state index in [1.807, 2.05) is 11.0 Å². The maximum absolute atomic E-state index is 13.2. The highest BCUT2D eigenvalue weighted by atomic mass is 35.5. The van der Waals surface area contributed by atoms with Gasteiger partial charge in [-0.15, -0.1) is 0 Å². The highest BCUT2D eigenvalue weighted by molar-refractivity contribution is 6.35. The van der Waals surface area contributed by atoms with Gasteiger partial charge >= 0.3 is 0 Å². The summed E-state index contributed by atoms with van der Waals surface area (Å²) >= 11 is 6.83. The van der Waals surface area contributed by atoms with Crippen molar-refractivity contribution in [1.29, 1.82) is 0 Å². The summed E-state index contributed by atoms with van der Waals surface area (Å²) in [6, 6.07) is 2.24. The fourth-order valence-electron chi connectivity index (χ4n) is 4.19. The molecular weight excluding hydrogens is 352 g/mol. The van der Waals surface area contributed by atoms with Gasteiger partial charge < -0.3 is 19.5 Å². The summed E-state index contributed by atoms with van der Waals surface area (Å²) in [6.07, 6.45) is 7.58. The molecule has 2 aliphatic rings. The van der Waals surface area contributed by atoms with Crippen molar-refractivity contribution in [3.63, 3.8) is 0 Å². The molecule has 0 aromatic carbocycles. The van der Waals surface area contributed by atoms with Gasteiger partial charge in [0, 0.05) is 49.9 Å². The fourth-order valence-corrected chi connectivity index (χ4v) is 4.60. The van der Waals surface area contributed by atoms with E-state index in [0.29, 0.717) is 35.7 Å². The van der Waals surface area contributed by atoms with Crippen molar-refractivity contribution >= 4 is 28.4 Å². The monoisotopic (exact) mass is 376 g/mol. The second-order valence-electron chi connectivity index (χ2n) is 7.11. The van der Waals surface area contributed by atoms with E-state index in [1.165, 1.54) is 19.3 Å². The minimum absolute atomic E-state index is 0.00280. The first kappa shape index (κ1) is 17.6. The number of carbonyl (C=O) groups is 1. The average Bonchev–Trinajstić information content (AvgIpc) is 2.99. The molecule has 1 amide bonds. The van der Waals surface area contributed by atoms with Crippen molar-refractivity contribution in [2.75, 3.05) is 33.3 Å². The predicted molar refractivity (Wildman–Crippen MR) is 102 cm³/mol. The van der Waals surface area contributed by atoms with Gasteiger partial charge in [0.15, 0.2) is 0 Å². The minimum Gasteiger partial charge on any atom is -0.481 e. The number of piperazine rings is 1. The third-order valence-electron chi connectivity index (χ3n) is 5.57. The zero-order valence-electron chi connectivity index (χ0n) is 15.1. The van der Waals surface area contributed by atoms with Gasteiger partial charge in [-0.3, -0.25) is 4.79 Å². The summed E-state index contributed by atoms with van der Waals surface area (Å²) in [5, 5.41) is 4.65. The molecule has 2 fully saturated rings. The van der Waals surface area contributed by atoms with Gasteiger partial charge in [0.25, 0.3) is 5.91 Å². The van der Waals surface area contributed by atoms with Crippen LogP contribution in [0.5, 0.6) is 5.88 Å². The lowest BCUT2D eigenvalue weighted by atomic mass is 9.95. The first-order valence-corrected chi connectivity index (χ1v) is 9.82. The van der Waals surface area contributed by atoms with Gasteiger partial charge in [0.2, 0.25) is 5.88 Å². The van der Waals surface area contributed by atoms with E-state index in [9.17, 15) is 4.79 Å². The molecule has 1 saturated heterocycles. The van der Waals surface area contributed by atoms with Gasteiger partial charge in [-0.05, 0) is 12.8 Å². The summed E-state index contributed by atoms with van der Waals surface area (Å²) in [5.74, 6) is 0.549. The van der Waals surface area contributed by atoms with Gasteiger partial charge in [-0.1, -0.05) is 30.9 Å². The molecular formula is C19H25ClN4O2. The SMILES string of the molecule is COc1cc2c(cn1)c(C(=O)N1CCNCC1)c(Cl)n2C1CCCCC1. The Hall–Kier alpha value is -1.79. The number of hydrogen-bond acceptors (Lipinski definition) is 4. The maximum atomic E-state index is 13.2. The van der Waals surface area contributed by atoms with E-state index in [4.69, 9.17) is 16.3 Å². The molecule has 0 radical (unpaired) electrons. The molecule has 6 nitrogen and oxygen atoms in total. The van der Waals surface area contributed by atoms with Crippen LogP contribution >= 0.6 is 11.6 Å². The van der Waals surface area contributed by atoms with Gasteiger partial charge in [-0.25, -0.2) is 4.98 Å². The summed E-state index contributed by atoms with van der Waals surface area (Å²) in [6.45, 7) is 3.04. The van der Waals surface area contributed by atoms with Crippen LogP contribution in [-0.4, -0.2) is 53.6 Å². The van der Waals surface area contributed by atoms with Crippen LogP contribution in [-0.2, 0) is 0 Å². The van der Waals surface area contributed by atoms with E-state index in [1.54, 1.807) is 13.3 Å². The van der Waals surface area contributed by atoms with Gasteiger partial charge in [0.1, 0.15) is 5.15 Å². The van der Waals surface area contributed by atoms with E-state index < -0.39 is 0 Å². The van der Waals surface area contributed by atoms with Crippen molar-refractivity contribution in [1.82, 2.24) is 19.8 Å². The molecule has 7 heteroatoms. The number of nitrogens with one attached hydrogen (secondary N) is 1. The number of aromatic nitrogens is 2. The van der Waals surface area contributed by atoms with Crippen LogP contribution in [0.25, 0.3) is 10.9 Å². The number of pyridine rings is 1. The van der Waals surface area contributed by atoms with Crippen LogP contribution in [0, 0.1) is 0 Å². The number of ether oxygens (including phenoxy) is 1. The van der Waals surface area contributed by atoms with Crippen LogP contribution < -0.4 is 10.1 Å². The van der Waals surface area contributed by atoms with Crippen molar-refractivity contribution < 1.29 is 9.53 Å². The van der Waals surface area contributed by atoms with Crippen LogP contribution in [0.15, 0.2) is 12.3 Å². The van der Waals surface area contributed by atoms with Crippen molar-refractivity contribution in [3.05, 3.63) is 23.0 Å². The lowest BCUT2D eigenvalue weighted by Crippen LogP contribution is -2.46. The molecule has 1 saturated carbocycles. The van der Waals surface area contributed by atoms with E-state index in [-0.39, 0.29) is 5.91 Å². The summed E-state index contributed by atoms with van der Waals surface area (Å²) in [4.78, 5) is 19.4. The predicted octanol–water partition coefficient (Wildman–Crippen LogP) is 3.25. The molecule has 0 bridgehead atoms. The molecule has 26 heavy (non-hydrogen) atoms. The molecule has 0 unspecified atom stereocenters. The smallest absolute Gasteiger partial charge is 0.257 e. The Bertz CT molecular complexity index is 807. The van der Waals surface area contributed by atoms with E-state index in [2.05, 4.69) is 14.9 Å². The summed E-state index contributed by atoms with van der Waals surface area (Å²) in [7, 11) is 1.61. The zero-order valence-corrected chi connectivity index (χ0v) is 15.9. The maximum Gasteiger partial charge on any atom is 0.257 e. The summed E-state index contributed by atoms with van der Waals surface area (Å²) in [5.41, 5.74) is 1.54. The van der Waals surface area contributed by atoms with Crippen molar-refractivity contribution in [2.24, 2.45) is 0 Å². The quantitative estimate of drug-likeness (QED) is 0.893. The Morgan fingerprint density at radius 1 is 1.27 bits per heavy atom. The number of hydrogen-bond donors (Lipinski definition) is 1. The summed E-state index contributed by atoms with van der Waals surface area (Å²) < 4.78 is 7.47. The first-order chi connectivity index (χ1) is 12.7. The average molecular weight is 377 g/mol. The zero-order chi connectivity index (χ0) is 18.1. The standard InChI is InChI=1S/C19H25ClN4O2/c1-26-16-11-15-14(12-22-16)17(19(25)23-9-7-21-8-10-23)18(20)24(15)13-5-3-2-4-6-13/h11-13,21H,2-10H2,1H3. The Morgan fingerprint density at radius 3 is 2.69 bits per heavy atom. The topological polar surface area (TPSA) is 59.4 Å². The molecule has 1 aliphatic carbocycles. The fraction of sp³-hybridized carbons (Fsp3) is 0.579. The molecule has 0 atom stereocenters. The third-order valence-corrected chi connectivity index (χ3v) is 5.94. The molecule has 2 aromatic heterocycles. The van der Waals surface area contributed by atoms with Crippen LogP contribution in [0.2, 0.25) is 5.15 Å². The second-order valence-corrected chi connectivity index (χ2v) is 7.47. The Kier molecular flexibility index (Phi) is 5.05. The highest BCUT2D eigenvalue weighted by Crippen LogP contribution is 2.39. The number of fused-ring (bicyclic) bond motifs is 1. The Morgan fingerprint density at radius 2 is 2.00 bits per heavy atom. The molecule has 3 heterocycles.